The lowest BCUT2D eigenvalue weighted by Crippen LogP contribution is -2.49. The summed E-state index contributed by atoms with van der Waals surface area (Å²) in [6.45, 7) is 3.58. The number of pyridine rings is 2. The molecule has 8 rings (SSSR count). The van der Waals surface area contributed by atoms with Crippen molar-refractivity contribution in [2.75, 3.05) is 46.8 Å². The van der Waals surface area contributed by atoms with E-state index in [1.54, 1.807) is 85.1 Å². The standard InChI is InChI=1S/C44H34Cl4F6N14/c1-23-17-59-39(63-23)31-21-61-41(65-37(31)29-7-5-27(45)15-33(29)47)67(13-11-55-35-9-3-25(19-57-35)43(49,50)51)68(14-12-56-36-10-4-26(20-58-36)44(52,53)54)42-62-22-32(40-60-18-24(2)64-40)38(66-42)30-8-6-28(46)16-34(30)48/h3-10,15-22H,11-14H2,1-2H3,(H,55,57)(H,56,58)(H,59,63)(H,60,64). The van der Waals surface area contributed by atoms with Crippen molar-refractivity contribution < 1.29 is 26.3 Å². The number of nitrogens with one attached hydrogen (secondary N) is 4. The first-order valence-corrected chi connectivity index (χ1v) is 21.7. The Morgan fingerprint density at radius 2 is 0.926 bits per heavy atom. The molecule has 0 radical (unpaired) electrons. The van der Waals surface area contributed by atoms with E-state index in [2.05, 4.69) is 40.5 Å². The van der Waals surface area contributed by atoms with Gasteiger partial charge in [0.05, 0.1) is 68.2 Å². The Morgan fingerprint density at radius 3 is 1.25 bits per heavy atom. The lowest BCUT2D eigenvalue weighted by atomic mass is 10.1. The lowest BCUT2D eigenvalue weighted by Gasteiger charge is -2.35. The van der Waals surface area contributed by atoms with Crippen molar-refractivity contribution in [1.82, 2.24) is 49.8 Å². The quantitative estimate of drug-likeness (QED) is 0.0568. The van der Waals surface area contributed by atoms with E-state index < -0.39 is 23.5 Å². The summed E-state index contributed by atoms with van der Waals surface area (Å²) in [5.41, 5.74) is 2.04. The van der Waals surface area contributed by atoms with Crippen LogP contribution in [0.15, 0.2) is 97.8 Å². The maximum atomic E-state index is 13.4. The van der Waals surface area contributed by atoms with Crippen LogP contribution in [0.1, 0.15) is 22.5 Å². The Kier molecular flexibility index (Phi) is 13.9. The number of halogens is 10. The molecule has 6 aromatic heterocycles. The van der Waals surface area contributed by atoms with Gasteiger partial charge in [-0.1, -0.05) is 46.4 Å². The van der Waals surface area contributed by atoms with Gasteiger partial charge in [0.15, 0.2) is 0 Å². The molecular weight excluding hydrogens is 980 g/mol. The van der Waals surface area contributed by atoms with E-state index in [0.29, 0.717) is 79.1 Å². The summed E-state index contributed by atoms with van der Waals surface area (Å²) in [4.78, 5) is 43.2. The molecule has 0 bridgehead atoms. The molecule has 350 valence electrons. The maximum absolute atomic E-state index is 13.4. The number of imidazole rings is 2. The smallest absolute Gasteiger partial charge is 0.368 e. The molecule has 0 fully saturated rings. The first-order chi connectivity index (χ1) is 32.4. The molecule has 0 atom stereocenters. The van der Waals surface area contributed by atoms with E-state index >= 15 is 0 Å². The Bertz CT molecular complexity index is 2850. The minimum absolute atomic E-state index is 0.0158. The number of anilines is 4. The monoisotopic (exact) mass is 1010 g/mol. The molecule has 6 heterocycles. The van der Waals surface area contributed by atoms with Gasteiger partial charge < -0.3 is 20.6 Å². The third kappa shape index (κ3) is 11.0. The highest BCUT2D eigenvalue weighted by Crippen LogP contribution is 2.39. The van der Waals surface area contributed by atoms with E-state index in [1.165, 1.54) is 12.1 Å². The number of alkyl halides is 6. The van der Waals surface area contributed by atoms with Crippen LogP contribution in [0.4, 0.5) is 49.9 Å². The predicted octanol–water partition coefficient (Wildman–Crippen LogP) is 11.9. The zero-order valence-electron chi connectivity index (χ0n) is 35.3. The lowest BCUT2D eigenvalue weighted by molar-refractivity contribution is -0.138. The minimum Gasteiger partial charge on any atom is -0.368 e. The van der Waals surface area contributed by atoms with Gasteiger partial charge in [0.1, 0.15) is 23.3 Å². The zero-order valence-corrected chi connectivity index (χ0v) is 38.3. The molecule has 0 saturated heterocycles. The number of aromatic amines is 2. The third-order valence-corrected chi connectivity index (χ3v) is 11.1. The Labute approximate surface area is 403 Å². The number of aryl methyl sites for hydroxylation is 2. The molecular formula is C44H34Cl4F6N14. The second-order valence-corrected chi connectivity index (χ2v) is 16.5. The molecule has 0 aliphatic carbocycles. The van der Waals surface area contributed by atoms with Crippen molar-refractivity contribution in [3.63, 3.8) is 0 Å². The summed E-state index contributed by atoms with van der Waals surface area (Å²) >= 11 is 26.3. The van der Waals surface area contributed by atoms with E-state index in [-0.39, 0.29) is 59.8 Å². The third-order valence-electron chi connectivity index (χ3n) is 10.0. The molecule has 2 aromatic carbocycles. The van der Waals surface area contributed by atoms with Gasteiger partial charge in [-0.15, -0.1) is 0 Å². The van der Waals surface area contributed by atoms with E-state index in [4.69, 9.17) is 66.3 Å². The summed E-state index contributed by atoms with van der Waals surface area (Å²) < 4.78 is 80.6. The van der Waals surface area contributed by atoms with Crippen molar-refractivity contribution in [2.45, 2.75) is 26.2 Å². The number of hydrogen-bond acceptors (Lipinski definition) is 12. The van der Waals surface area contributed by atoms with Gasteiger partial charge in [-0.05, 0) is 74.5 Å². The van der Waals surface area contributed by atoms with Gasteiger partial charge in [-0.2, -0.15) is 26.3 Å². The van der Waals surface area contributed by atoms with Crippen LogP contribution in [-0.4, -0.2) is 76.0 Å². The van der Waals surface area contributed by atoms with Crippen LogP contribution in [0.5, 0.6) is 0 Å². The minimum atomic E-state index is -4.60. The van der Waals surface area contributed by atoms with Crippen molar-refractivity contribution in [1.29, 1.82) is 0 Å². The van der Waals surface area contributed by atoms with E-state index in [0.717, 1.165) is 12.1 Å². The topological polar surface area (TPSA) is 165 Å². The van der Waals surface area contributed by atoms with Crippen LogP contribution in [0.3, 0.4) is 0 Å². The summed E-state index contributed by atoms with van der Waals surface area (Å²) in [5.74, 6) is 1.22. The second kappa shape index (κ2) is 19.8. The van der Waals surface area contributed by atoms with Crippen LogP contribution in [0.2, 0.25) is 20.1 Å². The van der Waals surface area contributed by atoms with Crippen LogP contribution < -0.4 is 20.7 Å². The van der Waals surface area contributed by atoms with Gasteiger partial charge in [-0.25, -0.2) is 49.9 Å². The number of aromatic nitrogens is 10. The van der Waals surface area contributed by atoms with Gasteiger partial charge in [0.25, 0.3) is 0 Å². The molecule has 0 aliphatic heterocycles. The molecule has 0 amide bonds. The van der Waals surface area contributed by atoms with Crippen LogP contribution in [-0.2, 0) is 12.4 Å². The maximum Gasteiger partial charge on any atom is 0.417 e. The Hall–Kier alpha value is -6.74. The number of hydrogen-bond donors (Lipinski definition) is 4. The fourth-order valence-corrected chi connectivity index (χ4v) is 7.78. The highest BCUT2D eigenvalue weighted by atomic mass is 35.5. The molecule has 24 heteroatoms. The summed E-state index contributed by atoms with van der Waals surface area (Å²) in [6.07, 6.45) is -1.27. The highest BCUT2D eigenvalue weighted by Gasteiger charge is 2.32. The Morgan fingerprint density at radius 1 is 0.515 bits per heavy atom. The van der Waals surface area contributed by atoms with Gasteiger partial charge in [0.2, 0.25) is 11.9 Å². The average Bonchev–Trinajstić information content (AvgIpc) is 3.94. The Balaban J connectivity index is 1.28. The van der Waals surface area contributed by atoms with Gasteiger partial charge in [0, 0.05) is 71.4 Å². The molecule has 0 saturated carbocycles. The molecule has 68 heavy (non-hydrogen) atoms. The molecule has 0 spiro atoms. The number of benzene rings is 2. The fraction of sp³-hybridized carbons (Fsp3) is 0.182. The fourth-order valence-electron chi connectivity index (χ4n) is 6.79. The SMILES string of the molecule is Cc1c[nH]c(-c2cnc(N(CCNc3ccc(C(F)(F)F)cn3)N(CCNc3ccc(C(F)(F)F)cn3)c3ncc(-c4nc(C)c[nH]4)c(-c4ccc(Cl)cc4Cl)n3)nc2-c2ccc(Cl)cc2Cl)n1. The van der Waals surface area contributed by atoms with E-state index in [9.17, 15) is 26.3 Å². The normalized spacial score (nSPS) is 11.8. The van der Waals surface area contributed by atoms with Crippen LogP contribution in [0.25, 0.3) is 45.3 Å². The average molecular weight is 1010 g/mol. The number of rotatable bonds is 15. The highest BCUT2D eigenvalue weighted by molar-refractivity contribution is 6.37. The number of nitrogens with zero attached hydrogens (tertiary/aromatic N) is 10. The van der Waals surface area contributed by atoms with Crippen molar-refractivity contribution in [3.8, 4) is 45.3 Å². The van der Waals surface area contributed by atoms with Crippen molar-refractivity contribution >= 4 is 69.9 Å². The molecule has 8 aromatic rings. The molecule has 4 N–H and O–H groups in total. The summed E-state index contributed by atoms with van der Waals surface area (Å²) in [7, 11) is 0. The van der Waals surface area contributed by atoms with Crippen LogP contribution in [0, 0.1) is 13.8 Å². The second-order valence-electron chi connectivity index (χ2n) is 14.9. The summed E-state index contributed by atoms with van der Waals surface area (Å²) in [6, 6.07) is 14.0. The van der Waals surface area contributed by atoms with Crippen molar-refractivity contribution in [3.05, 3.63) is 140 Å². The zero-order chi connectivity index (χ0) is 48.3. The summed E-state index contributed by atoms with van der Waals surface area (Å²) in [5, 5.41) is 10.6. The number of H-pyrrole nitrogens is 2. The molecule has 14 nitrogen and oxygen atoms in total. The van der Waals surface area contributed by atoms with Crippen molar-refractivity contribution in [2.24, 2.45) is 0 Å². The molecule has 0 unspecified atom stereocenters. The van der Waals surface area contributed by atoms with Gasteiger partial charge in [-0.3, -0.25) is 0 Å². The molecule has 0 aliphatic rings. The number of hydrazine groups is 1. The van der Waals surface area contributed by atoms with E-state index in [1.807, 2.05) is 0 Å². The van der Waals surface area contributed by atoms with Crippen LogP contribution >= 0.6 is 46.4 Å². The van der Waals surface area contributed by atoms with Gasteiger partial charge >= 0.3 is 12.4 Å². The first kappa shape index (κ1) is 47.7. The predicted molar refractivity (Wildman–Crippen MR) is 250 cm³/mol. The largest absolute Gasteiger partial charge is 0.417 e. The first-order valence-electron chi connectivity index (χ1n) is 20.2.